The molecule has 2 unspecified atom stereocenters. The fourth-order valence-corrected chi connectivity index (χ4v) is 4.84. The Balaban J connectivity index is 3.53. The summed E-state index contributed by atoms with van der Waals surface area (Å²) < 4.78 is 14.5. The number of nitrogens with zero attached hydrogens (tertiary/aromatic N) is 2. The third kappa shape index (κ3) is 13.6. The van der Waals surface area contributed by atoms with E-state index >= 15 is 0 Å². The summed E-state index contributed by atoms with van der Waals surface area (Å²) in [6, 6.07) is 3.72. The van der Waals surface area contributed by atoms with Gasteiger partial charge >= 0.3 is 0 Å². The van der Waals surface area contributed by atoms with Crippen LogP contribution in [0.25, 0.3) is 0 Å². The van der Waals surface area contributed by atoms with Crippen molar-refractivity contribution in [1.29, 1.82) is 5.41 Å². The number of carbonyl (C=O) groups is 2. The van der Waals surface area contributed by atoms with Crippen molar-refractivity contribution >= 4 is 35.0 Å². The number of amidine groups is 1. The predicted molar refractivity (Wildman–Crippen MR) is 174 cm³/mol. The van der Waals surface area contributed by atoms with Crippen LogP contribution < -0.4 is 11.1 Å². The van der Waals surface area contributed by atoms with E-state index in [0.29, 0.717) is 17.9 Å². The van der Waals surface area contributed by atoms with E-state index in [1.54, 1.807) is 30.2 Å². The van der Waals surface area contributed by atoms with Crippen molar-refractivity contribution in [2.45, 2.75) is 91.6 Å². The van der Waals surface area contributed by atoms with Gasteiger partial charge in [-0.25, -0.2) is 4.39 Å². The highest BCUT2D eigenvalue weighted by Crippen LogP contribution is 2.23. The van der Waals surface area contributed by atoms with E-state index in [-0.39, 0.29) is 47.0 Å². The molecule has 0 saturated heterocycles. The Morgan fingerprint density at radius 2 is 1.81 bits per heavy atom. The first-order valence-electron chi connectivity index (χ1n) is 14.9. The lowest BCUT2D eigenvalue weighted by atomic mass is 9.97. The van der Waals surface area contributed by atoms with Gasteiger partial charge in [-0.1, -0.05) is 89.3 Å². The highest BCUT2D eigenvalue weighted by molar-refractivity contribution is 6.45. The van der Waals surface area contributed by atoms with Gasteiger partial charge in [-0.05, 0) is 55.9 Å². The van der Waals surface area contributed by atoms with Crippen molar-refractivity contribution < 1.29 is 14.0 Å². The fourth-order valence-electron chi connectivity index (χ4n) is 4.62. The molecule has 42 heavy (non-hydrogen) atoms. The fraction of sp³-hybridized carbons (Fsp3) is 0.515. The van der Waals surface area contributed by atoms with Gasteiger partial charge in [-0.15, -0.1) is 0 Å². The summed E-state index contributed by atoms with van der Waals surface area (Å²) >= 11 is 6.22. The molecule has 0 radical (unpaired) electrons. The zero-order chi connectivity index (χ0) is 31.7. The van der Waals surface area contributed by atoms with Gasteiger partial charge < -0.3 is 16.0 Å². The van der Waals surface area contributed by atoms with E-state index in [0.717, 1.165) is 44.1 Å². The molecule has 1 aromatic rings. The van der Waals surface area contributed by atoms with Crippen LogP contribution in [0.2, 0.25) is 5.02 Å². The Bertz CT molecular complexity index is 1140. The molecular formula is C33H49ClFN5O2. The minimum Gasteiger partial charge on any atom is -0.386 e. The van der Waals surface area contributed by atoms with Crippen LogP contribution in [0.1, 0.15) is 85.1 Å². The standard InChI is InChI=1S/C33H49ClFN5O2/c1-7-12-24(16-11-18-31(41)38-22-30(36)37)29(14-9-3)40(6)33(42)32(25-19-26(34)21-27(35)20-25)39-28(13-8-2)17-10-15-23(4)5/h7,11-12,16,18-21,23,28-29H,8-10,13-15,17,22H2,1-6H3,(H3,36,37)(H,38,41)/b12-7-,18-11+,24-16+,39-32?. The van der Waals surface area contributed by atoms with Crippen LogP contribution in [0.3, 0.4) is 0 Å². The Labute approximate surface area is 256 Å². The van der Waals surface area contributed by atoms with Gasteiger partial charge in [0, 0.05) is 23.7 Å². The van der Waals surface area contributed by atoms with Crippen LogP contribution in [-0.4, -0.2) is 53.9 Å². The summed E-state index contributed by atoms with van der Waals surface area (Å²) in [5.41, 5.74) is 6.68. The first-order chi connectivity index (χ1) is 19.9. The van der Waals surface area contributed by atoms with E-state index < -0.39 is 5.82 Å². The molecule has 0 spiro atoms. The highest BCUT2D eigenvalue weighted by atomic mass is 35.5. The van der Waals surface area contributed by atoms with E-state index in [2.05, 4.69) is 26.1 Å². The molecule has 2 amide bonds. The Kier molecular flexibility index (Phi) is 17.3. The molecule has 0 bridgehead atoms. The number of rotatable bonds is 18. The van der Waals surface area contributed by atoms with Crippen LogP contribution in [0.4, 0.5) is 4.39 Å². The molecule has 0 saturated carbocycles. The predicted octanol–water partition coefficient (Wildman–Crippen LogP) is 7.00. The van der Waals surface area contributed by atoms with E-state index in [1.165, 1.54) is 18.2 Å². The molecule has 0 aliphatic heterocycles. The molecule has 232 valence electrons. The molecule has 0 aromatic heterocycles. The smallest absolute Gasteiger partial charge is 0.272 e. The van der Waals surface area contributed by atoms with Crippen molar-refractivity contribution in [3.8, 4) is 0 Å². The number of hydrogen-bond acceptors (Lipinski definition) is 4. The number of likely N-dealkylation sites (N-methyl/N-ethyl adjacent to an activating group) is 1. The van der Waals surface area contributed by atoms with Gasteiger partial charge in [-0.2, -0.15) is 0 Å². The normalized spacial score (nSPS) is 14.0. The highest BCUT2D eigenvalue weighted by Gasteiger charge is 2.27. The molecule has 1 aromatic carbocycles. The lowest BCUT2D eigenvalue weighted by Gasteiger charge is -2.30. The second kappa shape index (κ2) is 19.8. The lowest BCUT2D eigenvalue weighted by molar-refractivity contribution is -0.124. The van der Waals surface area contributed by atoms with Crippen LogP contribution >= 0.6 is 11.6 Å². The maximum atomic E-state index is 14.5. The average Bonchev–Trinajstić information content (AvgIpc) is 2.91. The molecule has 7 nitrogen and oxygen atoms in total. The van der Waals surface area contributed by atoms with Gasteiger partial charge in [0.15, 0.2) is 0 Å². The number of nitrogens with one attached hydrogen (secondary N) is 2. The molecule has 0 aliphatic carbocycles. The molecule has 0 heterocycles. The molecule has 0 fully saturated rings. The van der Waals surface area contributed by atoms with Gasteiger partial charge in [-0.3, -0.25) is 20.0 Å². The van der Waals surface area contributed by atoms with E-state index in [1.807, 2.05) is 26.0 Å². The number of carbonyl (C=O) groups excluding carboxylic acids is 2. The van der Waals surface area contributed by atoms with E-state index in [9.17, 15) is 14.0 Å². The summed E-state index contributed by atoms with van der Waals surface area (Å²) in [5.74, 6) is -0.789. The number of halogens is 2. The molecule has 1 rings (SSSR count). The van der Waals surface area contributed by atoms with Gasteiger partial charge in [0.1, 0.15) is 17.4 Å². The van der Waals surface area contributed by atoms with Crippen LogP contribution in [0.15, 0.2) is 59.1 Å². The number of benzene rings is 1. The van der Waals surface area contributed by atoms with Crippen molar-refractivity contribution in [2.75, 3.05) is 13.6 Å². The SMILES string of the molecule is C\C=C/C(=C\C=C\C(=O)NCC(=N)N)C(CCC)N(C)C(=O)C(=NC(CCC)CCCC(C)C)c1cc(F)cc(Cl)c1. The minimum absolute atomic E-state index is 0.0347. The Morgan fingerprint density at radius 3 is 2.38 bits per heavy atom. The molecule has 4 N–H and O–H groups in total. The second-order valence-corrected chi connectivity index (χ2v) is 11.3. The van der Waals surface area contributed by atoms with E-state index in [4.69, 9.17) is 27.7 Å². The zero-order valence-corrected chi connectivity index (χ0v) is 26.8. The molecular weight excluding hydrogens is 553 g/mol. The van der Waals surface area contributed by atoms with Crippen LogP contribution in [0, 0.1) is 17.1 Å². The summed E-state index contributed by atoms with van der Waals surface area (Å²) in [6.45, 7) is 10.4. The Hall–Kier alpha value is -3.26. The third-order valence-electron chi connectivity index (χ3n) is 6.67. The molecule has 0 aliphatic rings. The Morgan fingerprint density at radius 1 is 1.12 bits per heavy atom. The summed E-state index contributed by atoms with van der Waals surface area (Å²) in [6.07, 6.45) is 14.6. The third-order valence-corrected chi connectivity index (χ3v) is 6.89. The molecule has 2 atom stereocenters. The van der Waals surface area contributed by atoms with Crippen LogP contribution in [-0.2, 0) is 9.59 Å². The monoisotopic (exact) mass is 601 g/mol. The van der Waals surface area contributed by atoms with Crippen molar-refractivity contribution in [3.63, 3.8) is 0 Å². The minimum atomic E-state index is -0.528. The molecule has 9 heteroatoms. The van der Waals surface area contributed by atoms with Gasteiger partial charge in [0.05, 0.1) is 18.6 Å². The largest absolute Gasteiger partial charge is 0.386 e. The first kappa shape index (κ1) is 36.8. The van der Waals surface area contributed by atoms with Gasteiger partial charge in [0.2, 0.25) is 5.91 Å². The summed E-state index contributed by atoms with van der Waals surface area (Å²) in [7, 11) is 1.73. The number of hydrogen-bond donors (Lipinski definition) is 3. The first-order valence-corrected chi connectivity index (χ1v) is 15.2. The quantitative estimate of drug-likeness (QED) is 0.0728. The van der Waals surface area contributed by atoms with Crippen molar-refractivity contribution in [3.05, 3.63) is 70.6 Å². The maximum Gasteiger partial charge on any atom is 0.272 e. The van der Waals surface area contributed by atoms with Crippen molar-refractivity contribution in [1.82, 2.24) is 10.2 Å². The van der Waals surface area contributed by atoms with Gasteiger partial charge in [0.25, 0.3) is 5.91 Å². The van der Waals surface area contributed by atoms with Crippen molar-refractivity contribution in [2.24, 2.45) is 16.6 Å². The zero-order valence-electron chi connectivity index (χ0n) is 26.1. The second-order valence-electron chi connectivity index (χ2n) is 10.9. The maximum absolute atomic E-state index is 14.5. The topological polar surface area (TPSA) is 112 Å². The summed E-state index contributed by atoms with van der Waals surface area (Å²) in [5, 5.41) is 9.99. The average molecular weight is 602 g/mol. The summed E-state index contributed by atoms with van der Waals surface area (Å²) in [4.78, 5) is 32.9. The number of nitrogens with two attached hydrogens (primary N) is 1. The lowest BCUT2D eigenvalue weighted by Crippen LogP contribution is -2.42. The number of allylic oxidation sites excluding steroid dienone is 3. The number of aliphatic imine (C=N–C) groups is 1. The van der Waals surface area contributed by atoms with Crippen LogP contribution in [0.5, 0.6) is 0 Å². The number of amides is 2.